The molecule has 3 N–H and O–H groups in total. The molecular weight excluding hydrogens is 260 g/mol. The molecular formula is C13H18F4N2. The Kier molecular flexibility index (Phi) is 5.31. The number of hydrazine groups is 1. The lowest BCUT2D eigenvalue weighted by Crippen LogP contribution is -2.31. The highest BCUT2D eigenvalue weighted by molar-refractivity contribution is 5.33. The molecule has 2 atom stereocenters. The summed E-state index contributed by atoms with van der Waals surface area (Å²) in [5.74, 6) is 4.81. The smallest absolute Gasteiger partial charge is 0.271 e. The molecule has 0 aliphatic carbocycles. The number of alkyl halides is 3. The molecule has 1 aromatic carbocycles. The van der Waals surface area contributed by atoms with Gasteiger partial charge in [-0.25, -0.2) is 4.39 Å². The van der Waals surface area contributed by atoms with Gasteiger partial charge in [-0.2, -0.15) is 13.2 Å². The maximum Gasteiger partial charge on any atom is 0.416 e. The molecule has 1 aromatic rings. The van der Waals surface area contributed by atoms with Gasteiger partial charge in [-0.3, -0.25) is 11.3 Å². The fraction of sp³-hybridized carbons (Fsp3) is 0.538. The molecule has 6 heteroatoms. The zero-order chi connectivity index (χ0) is 14.6. The summed E-state index contributed by atoms with van der Waals surface area (Å²) in [6, 6.07) is 1.74. The molecule has 0 heterocycles. The first-order chi connectivity index (χ1) is 8.79. The average Bonchev–Trinajstić information content (AvgIpc) is 2.33. The van der Waals surface area contributed by atoms with E-state index in [1.54, 1.807) is 0 Å². The van der Waals surface area contributed by atoms with Gasteiger partial charge in [0.05, 0.1) is 5.56 Å². The van der Waals surface area contributed by atoms with Crippen LogP contribution in [0.2, 0.25) is 0 Å². The third-order valence-corrected chi connectivity index (χ3v) is 3.23. The van der Waals surface area contributed by atoms with E-state index in [-0.39, 0.29) is 11.5 Å². The van der Waals surface area contributed by atoms with Crippen LogP contribution in [-0.4, -0.2) is 0 Å². The maximum absolute atomic E-state index is 13.2. The van der Waals surface area contributed by atoms with Gasteiger partial charge >= 0.3 is 6.18 Å². The molecule has 0 spiro atoms. The highest BCUT2D eigenvalue weighted by Gasteiger charge is 2.35. The first-order valence-corrected chi connectivity index (χ1v) is 6.12. The van der Waals surface area contributed by atoms with Gasteiger partial charge in [-0.05, 0) is 36.1 Å². The summed E-state index contributed by atoms with van der Waals surface area (Å²) in [5, 5.41) is 0. The molecule has 0 radical (unpaired) electrons. The summed E-state index contributed by atoms with van der Waals surface area (Å²) in [7, 11) is 0. The maximum atomic E-state index is 13.2. The van der Waals surface area contributed by atoms with Gasteiger partial charge in [0.1, 0.15) is 5.82 Å². The van der Waals surface area contributed by atoms with Crippen molar-refractivity contribution < 1.29 is 17.6 Å². The number of rotatable bonds is 5. The van der Waals surface area contributed by atoms with Crippen LogP contribution >= 0.6 is 0 Å². The summed E-state index contributed by atoms with van der Waals surface area (Å²) in [6.07, 6.45) is -3.29. The second-order valence-electron chi connectivity index (χ2n) is 4.70. The zero-order valence-electron chi connectivity index (χ0n) is 10.9. The van der Waals surface area contributed by atoms with Crippen LogP contribution in [0.3, 0.4) is 0 Å². The van der Waals surface area contributed by atoms with Crippen LogP contribution in [0.1, 0.15) is 43.9 Å². The van der Waals surface area contributed by atoms with Gasteiger partial charge < -0.3 is 0 Å². The molecule has 0 fully saturated rings. The Morgan fingerprint density at radius 1 is 1.32 bits per heavy atom. The minimum absolute atomic E-state index is 0.143. The molecule has 19 heavy (non-hydrogen) atoms. The van der Waals surface area contributed by atoms with Crippen LogP contribution in [0.15, 0.2) is 18.2 Å². The van der Waals surface area contributed by atoms with Gasteiger partial charge in [-0.15, -0.1) is 0 Å². The van der Waals surface area contributed by atoms with E-state index in [0.717, 1.165) is 24.6 Å². The van der Waals surface area contributed by atoms with Crippen LogP contribution in [0.25, 0.3) is 0 Å². The molecule has 2 unspecified atom stereocenters. The molecule has 0 bridgehead atoms. The SMILES string of the molecule is CCC(C)CC(NN)c1cc(F)ccc1C(F)(F)F. The van der Waals surface area contributed by atoms with Crippen LogP contribution in [0, 0.1) is 11.7 Å². The van der Waals surface area contributed by atoms with Gasteiger partial charge in [0.25, 0.3) is 0 Å². The van der Waals surface area contributed by atoms with Gasteiger partial charge in [0.15, 0.2) is 0 Å². The fourth-order valence-corrected chi connectivity index (χ4v) is 1.93. The van der Waals surface area contributed by atoms with Crippen molar-refractivity contribution >= 4 is 0 Å². The van der Waals surface area contributed by atoms with Crippen LogP contribution in [0.5, 0.6) is 0 Å². The number of benzene rings is 1. The van der Waals surface area contributed by atoms with Crippen molar-refractivity contribution in [3.05, 3.63) is 35.1 Å². The molecule has 0 aromatic heterocycles. The third-order valence-electron chi connectivity index (χ3n) is 3.23. The Morgan fingerprint density at radius 2 is 1.95 bits per heavy atom. The fourth-order valence-electron chi connectivity index (χ4n) is 1.93. The van der Waals surface area contributed by atoms with E-state index in [0.29, 0.717) is 6.42 Å². The van der Waals surface area contributed by atoms with Gasteiger partial charge in [-0.1, -0.05) is 20.3 Å². The van der Waals surface area contributed by atoms with Crippen LogP contribution in [0.4, 0.5) is 17.6 Å². The second-order valence-corrected chi connectivity index (χ2v) is 4.70. The van der Waals surface area contributed by atoms with E-state index < -0.39 is 23.6 Å². The molecule has 2 nitrogen and oxygen atoms in total. The number of halogens is 4. The third kappa shape index (κ3) is 4.18. The van der Waals surface area contributed by atoms with E-state index in [9.17, 15) is 17.6 Å². The van der Waals surface area contributed by atoms with Crippen molar-refractivity contribution in [3.63, 3.8) is 0 Å². The predicted molar refractivity (Wildman–Crippen MR) is 65.5 cm³/mol. The normalized spacial score (nSPS) is 15.3. The number of hydrogen-bond donors (Lipinski definition) is 2. The Hall–Kier alpha value is -1.14. The molecule has 0 aliphatic heterocycles. The Balaban J connectivity index is 3.17. The van der Waals surface area contributed by atoms with E-state index in [1.165, 1.54) is 0 Å². The Morgan fingerprint density at radius 3 is 2.42 bits per heavy atom. The standard InChI is InChI=1S/C13H18F4N2/c1-3-8(2)6-12(19-18)10-7-9(14)4-5-11(10)13(15,16)17/h4-5,7-8,12,19H,3,6,18H2,1-2H3. The van der Waals surface area contributed by atoms with Gasteiger partial charge in [0, 0.05) is 6.04 Å². The lowest BCUT2D eigenvalue weighted by Gasteiger charge is -2.23. The topological polar surface area (TPSA) is 38.0 Å². The summed E-state index contributed by atoms with van der Waals surface area (Å²) >= 11 is 0. The molecule has 0 amide bonds. The lowest BCUT2D eigenvalue weighted by atomic mass is 9.91. The molecule has 1 rings (SSSR count). The summed E-state index contributed by atoms with van der Waals surface area (Å²) < 4.78 is 51.9. The van der Waals surface area contributed by atoms with Crippen molar-refractivity contribution in [2.75, 3.05) is 0 Å². The summed E-state index contributed by atoms with van der Waals surface area (Å²) in [5.41, 5.74) is 1.37. The Labute approximate surface area is 110 Å². The number of nitrogens with two attached hydrogens (primary N) is 1. The molecule has 0 aliphatic rings. The average molecular weight is 278 g/mol. The minimum atomic E-state index is -4.52. The Bertz CT molecular complexity index is 418. The largest absolute Gasteiger partial charge is 0.416 e. The number of hydrogen-bond acceptors (Lipinski definition) is 2. The highest BCUT2D eigenvalue weighted by Crippen LogP contribution is 2.36. The minimum Gasteiger partial charge on any atom is -0.271 e. The van der Waals surface area contributed by atoms with Crippen LogP contribution in [-0.2, 0) is 6.18 Å². The highest BCUT2D eigenvalue weighted by atomic mass is 19.4. The quantitative estimate of drug-likeness (QED) is 0.488. The molecule has 0 saturated heterocycles. The van der Waals surface area contributed by atoms with Crippen LogP contribution < -0.4 is 11.3 Å². The first-order valence-electron chi connectivity index (χ1n) is 6.12. The zero-order valence-corrected chi connectivity index (χ0v) is 10.9. The van der Waals surface area contributed by atoms with E-state index in [2.05, 4.69) is 5.43 Å². The summed E-state index contributed by atoms with van der Waals surface area (Å²) in [4.78, 5) is 0. The van der Waals surface area contributed by atoms with Gasteiger partial charge in [0.2, 0.25) is 0 Å². The summed E-state index contributed by atoms with van der Waals surface area (Å²) in [6.45, 7) is 3.85. The van der Waals surface area contributed by atoms with E-state index >= 15 is 0 Å². The monoisotopic (exact) mass is 278 g/mol. The molecule has 108 valence electrons. The van der Waals surface area contributed by atoms with Crippen molar-refractivity contribution in [2.45, 2.75) is 38.9 Å². The number of nitrogens with one attached hydrogen (secondary N) is 1. The van der Waals surface area contributed by atoms with Crippen molar-refractivity contribution in [2.24, 2.45) is 11.8 Å². The van der Waals surface area contributed by atoms with E-state index in [4.69, 9.17) is 5.84 Å². The second kappa shape index (κ2) is 6.34. The lowest BCUT2D eigenvalue weighted by molar-refractivity contribution is -0.138. The molecule has 0 saturated carbocycles. The first kappa shape index (κ1) is 15.9. The van der Waals surface area contributed by atoms with Crippen molar-refractivity contribution in [3.8, 4) is 0 Å². The van der Waals surface area contributed by atoms with Crippen molar-refractivity contribution in [1.82, 2.24) is 5.43 Å². The van der Waals surface area contributed by atoms with E-state index in [1.807, 2.05) is 13.8 Å². The predicted octanol–water partition coefficient (Wildman–Crippen LogP) is 3.79. The van der Waals surface area contributed by atoms with Crippen molar-refractivity contribution in [1.29, 1.82) is 0 Å².